The lowest BCUT2D eigenvalue weighted by molar-refractivity contribution is -0.137. The SMILES string of the molecule is CC(C)N(CCC(=O)O)C(=O)Nc1cc(F)c(F)c(F)c1. The van der Waals surface area contributed by atoms with Crippen LogP contribution in [0.4, 0.5) is 23.7 Å². The van der Waals surface area contributed by atoms with Crippen molar-refractivity contribution in [2.75, 3.05) is 11.9 Å². The Morgan fingerprint density at radius 2 is 1.76 bits per heavy atom. The monoisotopic (exact) mass is 304 g/mol. The molecule has 2 N–H and O–H groups in total. The lowest BCUT2D eigenvalue weighted by Gasteiger charge is -2.26. The molecule has 0 spiro atoms. The molecule has 0 aliphatic rings. The molecule has 21 heavy (non-hydrogen) atoms. The van der Waals surface area contributed by atoms with Crippen LogP contribution in [0.5, 0.6) is 0 Å². The summed E-state index contributed by atoms with van der Waals surface area (Å²) in [6.07, 6.45) is -0.266. The Morgan fingerprint density at radius 1 is 1.24 bits per heavy atom. The van der Waals surface area contributed by atoms with Crippen LogP contribution >= 0.6 is 0 Å². The molecule has 0 fully saturated rings. The van der Waals surface area contributed by atoms with Crippen molar-refractivity contribution in [1.29, 1.82) is 0 Å². The predicted molar refractivity (Wildman–Crippen MR) is 69.4 cm³/mol. The number of carbonyl (C=O) groups is 2. The van der Waals surface area contributed by atoms with E-state index < -0.39 is 29.5 Å². The molecule has 0 heterocycles. The molecule has 8 heteroatoms. The highest BCUT2D eigenvalue weighted by molar-refractivity contribution is 5.89. The first-order valence-corrected chi connectivity index (χ1v) is 6.16. The van der Waals surface area contributed by atoms with E-state index in [9.17, 15) is 22.8 Å². The standard InChI is InChI=1S/C13H15F3N2O3/c1-7(2)18(4-3-11(19)20)13(21)17-8-5-9(14)12(16)10(15)6-8/h5-7H,3-4H2,1-2H3,(H,17,21)(H,19,20). The van der Waals surface area contributed by atoms with E-state index in [1.165, 1.54) is 4.90 Å². The fourth-order valence-electron chi connectivity index (χ4n) is 1.63. The van der Waals surface area contributed by atoms with Gasteiger partial charge in [0.2, 0.25) is 0 Å². The van der Waals surface area contributed by atoms with Crippen LogP contribution in [0, 0.1) is 17.5 Å². The summed E-state index contributed by atoms with van der Waals surface area (Å²) in [7, 11) is 0. The van der Waals surface area contributed by atoms with Gasteiger partial charge >= 0.3 is 12.0 Å². The second-order valence-corrected chi connectivity index (χ2v) is 4.61. The minimum atomic E-state index is -1.63. The summed E-state index contributed by atoms with van der Waals surface area (Å²) < 4.78 is 38.9. The molecule has 1 rings (SSSR count). The Bertz CT molecular complexity index is 526. The number of carboxylic acid groups (broad SMARTS) is 1. The second kappa shape index (κ2) is 6.96. The van der Waals surface area contributed by atoms with Gasteiger partial charge in [0.05, 0.1) is 6.42 Å². The van der Waals surface area contributed by atoms with Crippen LogP contribution in [0.1, 0.15) is 20.3 Å². The fraction of sp³-hybridized carbons (Fsp3) is 0.385. The van der Waals surface area contributed by atoms with E-state index in [1.807, 2.05) is 0 Å². The van der Waals surface area contributed by atoms with Gasteiger partial charge in [-0.3, -0.25) is 4.79 Å². The molecule has 0 unspecified atom stereocenters. The lowest BCUT2D eigenvalue weighted by atomic mass is 10.2. The van der Waals surface area contributed by atoms with Gasteiger partial charge in [-0.1, -0.05) is 0 Å². The Morgan fingerprint density at radius 3 is 2.19 bits per heavy atom. The van der Waals surface area contributed by atoms with Crippen LogP contribution in [0.25, 0.3) is 0 Å². The molecule has 0 saturated carbocycles. The zero-order chi connectivity index (χ0) is 16.2. The predicted octanol–water partition coefficient (Wildman–Crippen LogP) is 2.82. The van der Waals surface area contributed by atoms with Crippen molar-refractivity contribution in [3.8, 4) is 0 Å². The molecule has 2 amide bonds. The van der Waals surface area contributed by atoms with Gasteiger partial charge in [0.1, 0.15) is 0 Å². The molecule has 1 aromatic rings. The number of benzene rings is 1. The van der Waals surface area contributed by atoms with E-state index in [0.717, 1.165) is 0 Å². The van der Waals surface area contributed by atoms with Gasteiger partial charge in [0.25, 0.3) is 0 Å². The highest BCUT2D eigenvalue weighted by Crippen LogP contribution is 2.18. The topological polar surface area (TPSA) is 69.6 Å². The molecule has 0 saturated heterocycles. The molecule has 0 aliphatic heterocycles. The molecule has 0 radical (unpaired) electrons. The molecule has 0 aromatic heterocycles. The molecule has 0 atom stereocenters. The average Bonchev–Trinajstić information content (AvgIpc) is 2.35. The minimum absolute atomic E-state index is 0.0645. The molecule has 5 nitrogen and oxygen atoms in total. The Balaban J connectivity index is 2.84. The number of aliphatic carboxylic acids is 1. The largest absolute Gasteiger partial charge is 0.481 e. The summed E-state index contributed by atoms with van der Waals surface area (Å²) in [5.74, 6) is -5.55. The zero-order valence-corrected chi connectivity index (χ0v) is 11.5. The first-order chi connectivity index (χ1) is 9.72. The number of urea groups is 1. The summed E-state index contributed by atoms with van der Waals surface area (Å²) >= 11 is 0. The van der Waals surface area contributed by atoms with E-state index in [0.29, 0.717) is 12.1 Å². The number of hydrogen-bond donors (Lipinski definition) is 2. The van der Waals surface area contributed by atoms with Crippen molar-refractivity contribution in [2.24, 2.45) is 0 Å². The van der Waals surface area contributed by atoms with E-state index in [-0.39, 0.29) is 24.7 Å². The molecular weight excluding hydrogens is 289 g/mol. The maximum Gasteiger partial charge on any atom is 0.322 e. The molecular formula is C13H15F3N2O3. The molecule has 116 valence electrons. The quantitative estimate of drug-likeness (QED) is 0.822. The Kier molecular flexibility index (Phi) is 5.57. The van der Waals surface area contributed by atoms with Gasteiger partial charge in [0.15, 0.2) is 17.5 Å². The van der Waals surface area contributed by atoms with E-state index >= 15 is 0 Å². The van der Waals surface area contributed by atoms with Gasteiger partial charge in [-0.25, -0.2) is 18.0 Å². The number of nitrogens with one attached hydrogen (secondary N) is 1. The summed E-state index contributed by atoms with van der Waals surface area (Å²) in [4.78, 5) is 23.7. The van der Waals surface area contributed by atoms with Crippen LogP contribution in [0.2, 0.25) is 0 Å². The van der Waals surface area contributed by atoms with Crippen molar-refractivity contribution in [1.82, 2.24) is 4.90 Å². The summed E-state index contributed by atoms with van der Waals surface area (Å²) in [5.41, 5.74) is -0.252. The first-order valence-electron chi connectivity index (χ1n) is 6.16. The summed E-state index contributed by atoms with van der Waals surface area (Å²) in [6.45, 7) is 3.26. The number of carbonyl (C=O) groups excluding carboxylic acids is 1. The van der Waals surface area contributed by atoms with Crippen LogP contribution in [-0.4, -0.2) is 34.6 Å². The van der Waals surface area contributed by atoms with Crippen molar-refractivity contribution in [3.05, 3.63) is 29.6 Å². The number of halogens is 3. The smallest absolute Gasteiger partial charge is 0.322 e. The first kappa shape index (κ1) is 16.8. The maximum atomic E-state index is 13.0. The van der Waals surface area contributed by atoms with Gasteiger partial charge in [-0.15, -0.1) is 0 Å². The number of hydrogen-bond acceptors (Lipinski definition) is 2. The third-order valence-electron chi connectivity index (χ3n) is 2.69. The van der Waals surface area contributed by atoms with Crippen molar-refractivity contribution in [3.63, 3.8) is 0 Å². The minimum Gasteiger partial charge on any atom is -0.481 e. The normalized spacial score (nSPS) is 10.6. The third kappa shape index (κ3) is 4.66. The van der Waals surface area contributed by atoms with Gasteiger partial charge in [-0.2, -0.15) is 0 Å². The van der Waals surface area contributed by atoms with Crippen LogP contribution in [-0.2, 0) is 4.79 Å². The van der Waals surface area contributed by atoms with Crippen LogP contribution in [0.3, 0.4) is 0 Å². The number of nitrogens with zero attached hydrogens (tertiary/aromatic N) is 1. The number of carboxylic acids is 1. The van der Waals surface area contributed by atoms with Gasteiger partial charge in [0, 0.05) is 30.4 Å². The average molecular weight is 304 g/mol. The van der Waals surface area contributed by atoms with E-state index in [1.54, 1.807) is 13.8 Å². The lowest BCUT2D eigenvalue weighted by Crippen LogP contribution is -2.41. The number of amides is 2. The third-order valence-corrected chi connectivity index (χ3v) is 2.69. The Hall–Kier alpha value is -2.25. The second-order valence-electron chi connectivity index (χ2n) is 4.61. The summed E-state index contributed by atoms with van der Waals surface area (Å²) in [5, 5.41) is 10.8. The maximum absolute atomic E-state index is 13.0. The van der Waals surface area contributed by atoms with Crippen LogP contribution < -0.4 is 5.32 Å². The highest BCUT2D eigenvalue weighted by Gasteiger charge is 2.19. The molecule has 1 aromatic carbocycles. The van der Waals surface area contributed by atoms with Crippen molar-refractivity contribution < 1.29 is 27.9 Å². The molecule has 0 aliphatic carbocycles. The summed E-state index contributed by atoms with van der Waals surface area (Å²) in [6, 6.07) is 0.244. The highest BCUT2D eigenvalue weighted by atomic mass is 19.2. The van der Waals surface area contributed by atoms with Crippen molar-refractivity contribution >= 4 is 17.7 Å². The molecule has 0 bridgehead atoms. The van der Waals surface area contributed by atoms with Crippen molar-refractivity contribution in [2.45, 2.75) is 26.3 Å². The number of rotatable bonds is 5. The van der Waals surface area contributed by atoms with E-state index in [4.69, 9.17) is 5.11 Å². The zero-order valence-electron chi connectivity index (χ0n) is 11.5. The Labute approximate surface area is 119 Å². The number of anilines is 1. The fourth-order valence-corrected chi connectivity index (χ4v) is 1.63. The van der Waals surface area contributed by atoms with E-state index in [2.05, 4.69) is 5.32 Å². The van der Waals surface area contributed by atoms with Gasteiger partial charge in [-0.05, 0) is 13.8 Å². The van der Waals surface area contributed by atoms with Crippen LogP contribution in [0.15, 0.2) is 12.1 Å². The van der Waals surface area contributed by atoms with Gasteiger partial charge < -0.3 is 15.3 Å².